The van der Waals surface area contributed by atoms with Crippen LogP contribution in [0.1, 0.15) is 39.0 Å². The number of fused-ring (bicyclic) bond motifs is 2. The van der Waals surface area contributed by atoms with Crippen molar-refractivity contribution >= 4 is 0 Å². The molecule has 0 aromatic carbocycles. The van der Waals surface area contributed by atoms with E-state index in [1.807, 2.05) is 0 Å². The minimum Gasteiger partial charge on any atom is -0.330 e. The lowest BCUT2D eigenvalue weighted by Gasteiger charge is -2.39. The van der Waals surface area contributed by atoms with Gasteiger partial charge in [-0.2, -0.15) is 0 Å². The highest BCUT2D eigenvalue weighted by Crippen LogP contribution is 2.48. The van der Waals surface area contributed by atoms with Crippen molar-refractivity contribution in [3.63, 3.8) is 0 Å². The monoisotopic (exact) mass is 236 g/mol. The van der Waals surface area contributed by atoms with Crippen LogP contribution in [0.3, 0.4) is 0 Å². The van der Waals surface area contributed by atoms with Gasteiger partial charge in [0.2, 0.25) is 0 Å². The molecule has 17 heavy (non-hydrogen) atoms. The van der Waals surface area contributed by atoms with Gasteiger partial charge in [0.25, 0.3) is 0 Å². The molecule has 3 rings (SSSR count). The first-order valence-corrected chi connectivity index (χ1v) is 7.68. The van der Waals surface area contributed by atoms with Gasteiger partial charge in [0.15, 0.2) is 0 Å². The maximum absolute atomic E-state index is 5.90. The average molecular weight is 236 g/mol. The van der Waals surface area contributed by atoms with Gasteiger partial charge in [-0.3, -0.25) is 0 Å². The third kappa shape index (κ3) is 2.39. The molecule has 5 atom stereocenters. The van der Waals surface area contributed by atoms with E-state index in [4.69, 9.17) is 5.73 Å². The molecular formula is C15H28N2. The molecule has 2 aliphatic carbocycles. The lowest BCUT2D eigenvalue weighted by atomic mass is 9.84. The van der Waals surface area contributed by atoms with Gasteiger partial charge >= 0.3 is 0 Å². The maximum Gasteiger partial charge on any atom is 0.00244 e. The zero-order valence-electron chi connectivity index (χ0n) is 11.3. The number of piperidine rings is 1. The van der Waals surface area contributed by atoms with Crippen molar-refractivity contribution in [3.8, 4) is 0 Å². The van der Waals surface area contributed by atoms with E-state index in [0.717, 1.165) is 36.1 Å². The minimum absolute atomic E-state index is 0.752. The Morgan fingerprint density at radius 1 is 1.12 bits per heavy atom. The van der Waals surface area contributed by atoms with Crippen LogP contribution >= 0.6 is 0 Å². The van der Waals surface area contributed by atoms with E-state index in [1.54, 1.807) is 6.42 Å². The quantitative estimate of drug-likeness (QED) is 0.815. The molecule has 2 N–H and O–H groups in total. The zero-order chi connectivity index (χ0) is 11.8. The van der Waals surface area contributed by atoms with Crippen molar-refractivity contribution in [1.82, 2.24) is 4.90 Å². The fourth-order valence-electron chi connectivity index (χ4n) is 4.63. The summed E-state index contributed by atoms with van der Waals surface area (Å²) >= 11 is 0. The van der Waals surface area contributed by atoms with Crippen molar-refractivity contribution in [2.45, 2.75) is 39.0 Å². The summed E-state index contributed by atoms with van der Waals surface area (Å²) in [5.74, 6) is 4.80. The Kier molecular flexibility index (Phi) is 3.45. The molecule has 1 saturated heterocycles. The van der Waals surface area contributed by atoms with Gasteiger partial charge in [-0.15, -0.1) is 0 Å². The summed E-state index contributed by atoms with van der Waals surface area (Å²) < 4.78 is 0. The van der Waals surface area contributed by atoms with Gasteiger partial charge in [0, 0.05) is 13.1 Å². The van der Waals surface area contributed by atoms with Crippen LogP contribution < -0.4 is 5.73 Å². The lowest BCUT2D eigenvalue weighted by molar-refractivity contribution is 0.102. The van der Waals surface area contributed by atoms with E-state index in [9.17, 15) is 0 Å². The lowest BCUT2D eigenvalue weighted by Crippen LogP contribution is -2.45. The average Bonchev–Trinajstić information content (AvgIpc) is 2.93. The van der Waals surface area contributed by atoms with Crippen molar-refractivity contribution in [1.29, 1.82) is 0 Å². The van der Waals surface area contributed by atoms with E-state index in [2.05, 4.69) is 11.8 Å². The molecule has 0 amide bonds. The Morgan fingerprint density at radius 3 is 2.65 bits per heavy atom. The van der Waals surface area contributed by atoms with E-state index in [0.29, 0.717) is 0 Å². The highest BCUT2D eigenvalue weighted by atomic mass is 15.1. The summed E-state index contributed by atoms with van der Waals surface area (Å²) in [5.41, 5.74) is 5.90. The van der Waals surface area contributed by atoms with Crippen molar-refractivity contribution < 1.29 is 0 Å². The molecule has 0 radical (unpaired) electrons. The van der Waals surface area contributed by atoms with Crippen molar-refractivity contribution in [2.75, 3.05) is 26.2 Å². The Labute approximate surface area is 106 Å². The third-order valence-electron chi connectivity index (χ3n) is 5.88. The van der Waals surface area contributed by atoms with Crippen LogP contribution in [-0.2, 0) is 0 Å². The fourth-order valence-corrected chi connectivity index (χ4v) is 4.63. The minimum atomic E-state index is 0.752. The molecule has 0 spiro atoms. The first-order valence-electron chi connectivity index (χ1n) is 7.68. The van der Waals surface area contributed by atoms with Crippen LogP contribution in [-0.4, -0.2) is 31.1 Å². The molecule has 2 bridgehead atoms. The Bertz CT molecular complexity index is 266. The number of rotatable bonds is 3. The number of nitrogens with two attached hydrogens (primary N) is 1. The first kappa shape index (κ1) is 12.0. The van der Waals surface area contributed by atoms with Gasteiger partial charge in [-0.1, -0.05) is 13.3 Å². The molecule has 0 aromatic heterocycles. The second-order valence-electron chi connectivity index (χ2n) is 6.96. The summed E-state index contributed by atoms with van der Waals surface area (Å²) in [7, 11) is 0. The second-order valence-corrected chi connectivity index (χ2v) is 6.96. The molecule has 2 heteroatoms. The van der Waals surface area contributed by atoms with E-state index >= 15 is 0 Å². The Balaban J connectivity index is 1.52. The molecular weight excluding hydrogens is 208 g/mol. The number of likely N-dealkylation sites (tertiary alicyclic amines) is 1. The van der Waals surface area contributed by atoms with E-state index in [-0.39, 0.29) is 0 Å². The highest BCUT2D eigenvalue weighted by molar-refractivity contribution is 4.92. The van der Waals surface area contributed by atoms with Crippen LogP contribution in [0, 0.1) is 29.6 Å². The SMILES string of the molecule is CC1CCN(CC2CC3CCC2C3)CC1CN. The van der Waals surface area contributed by atoms with Gasteiger partial charge in [0.1, 0.15) is 0 Å². The third-order valence-corrected chi connectivity index (χ3v) is 5.88. The van der Waals surface area contributed by atoms with Gasteiger partial charge in [-0.05, 0) is 68.4 Å². The van der Waals surface area contributed by atoms with E-state index < -0.39 is 0 Å². The molecule has 3 fully saturated rings. The molecule has 1 heterocycles. The summed E-state index contributed by atoms with van der Waals surface area (Å²) in [4.78, 5) is 2.73. The standard InChI is InChI=1S/C15H28N2/c1-11-4-5-17(10-15(11)8-16)9-14-7-12-2-3-13(14)6-12/h11-15H,2-10,16H2,1H3. The van der Waals surface area contributed by atoms with Crippen LogP contribution in [0.25, 0.3) is 0 Å². The number of hydrogen-bond acceptors (Lipinski definition) is 2. The summed E-state index contributed by atoms with van der Waals surface area (Å²) in [5, 5.41) is 0. The summed E-state index contributed by atoms with van der Waals surface area (Å²) in [6, 6.07) is 0. The van der Waals surface area contributed by atoms with Crippen molar-refractivity contribution in [2.24, 2.45) is 35.3 Å². The van der Waals surface area contributed by atoms with Crippen molar-refractivity contribution in [3.05, 3.63) is 0 Å². The maximum atomic E-state index is 5.90. The molecule has 2 saturated carbocycles. The van der Waals surface area contributed by atoms with E-state index in [1.165, 1.54) is 45.3 Å². The highest BCUT2D eigenvalue weighted by Gasteiger charge is 2.40. The largest absolute Gasteiger partial charge is 0.330 e. The predicted octanol–water partition coefficient (Wildman–Crippen LogP) is 2.34. The number of nitrogens with zero attached hydrogens (tertiary/aromatic N) is 1. The first-order chi connectivity index (χ1) is 8.26. The smallest absolute Gasteiger partial charge is 0.00244 e. The number of hydrogen-bond donors (Lipinski definition) is 1. The second kappa shape index (κ2) is 4.89. The normalized spacial score (nSPS) is 46.6. The fraction of sp³-hybridized carbons (Fsp3) is 1.00. The van der Waals surface area contributed by atoms with Crippen LogP contribution in [0.15, 0.2) is 0 Å². The molecule has 2 nitrogen and oxygen atoms in total. The van der Waals surface area contributed by atoms with Gasteiger partial charge < -0.3 is 10.6 Å². The van der Waals surface area contributed by atoms with Crippen LogP contribution in [0.2, 0.25) is 0 Å². The topological polar surface area (TPSA) is 29.3 Å². The molecule has 5 unspecified atom stereocenters. The summed E-state index contributed by atoms with van der Waals surface area (Å²) in [6.45, 7) is 7.24. The Morgan fingerprint density at radius 2 is 2.00 bits per heavy atom. The van der Waals surface area contributed by atoms with Crippen LogP contribution in [0.4, 0.5) is 0 Å². The Hall–Kier alpha value is -0.0800. The molecule has 1 aliphatic heterocycles. The molecule has 0 aromatic rings. The van der Waals surface area contributed by atoms with Crippen LogP contribution in [0.5, 0.6) is 0 Å². The summed E-state index contributed by atoms with van der Waals surface area (Å²) in [6.07, 6.45) is 7.51. The predicted molar refractivity (Wildman–Crippen MR) is 71.7 cm³/mol. The molecule has 98 valence electrons. The van der Waals surface area contributed by atoms with Gasteiger partial charge in [0.05, 0.1) is 0 Å². The molecule has 3 aliphatic rings. The van der Waals surface area contributed by atoms with Gasteiger partial charge in [-0.25, -0.2) is 0 Å². The zero-order valence-corrected chi connectivity index (χ0v) is 11.3.